The summed E-state index contributed by atoms with van der Waals surface area (Å²) >= 11 is 0. The smallest absolute Gasteiger partial charge is 0.246 e. The predicted molar refractivity (Wildman–Crippen MR) is 51.8 cm³/mol. The predicted octanol–water partition coefficient (Wildman–Crippen LogP) is 1.62. The van der Waals surface area contributed by atoms with Gasteiger partial charge in [-0.25, -0.2) is 0 Å². The third kappa shape index (κ3) is 1.59. The molecule has 5 nitrogen and oxygen atoms in total. The molecule has 1 fully saturated rings. The molecule has 0 spiro atoms. The molecule has 0 radical (unpaired) electrons. The van der Waals surface area contributed by atoms with E-state index in [1.54, 1.807) is 13.0 Å². The monoisotopic (exact) mass is 205 g/mol. The van der Waals surface area contributed by atoms with Crippen LogP contribution in [0.2, 0.25) is 0 Å². The zero-order chi connectivity index (χ0) is 10.9. The Morgan fingerprint density at radius 1 is 1.73 bits per heavy atom. The lowest BCUT2D eigenvalue weighted by molar-refractivity contribution is -0.126. The minimum absolute atomic E-state index is 0.274. The molecule has 1 heterocycles. The lowest BCUT2D eigenvalue weighted by Crippen LogP contribution is -2.40. The summed E-state index contributed by atoms with van der Waals surface area (Å²) in [5, 5.41) is 15.2. The van der Waals surface area contributed by atoms with Crippen LogP contribution in [-0.2, 0) is 4.79 Å². The van der Waals surface area contributed by atoms with Crippen molar-refractivity contribution < 1.29 is 9.32 Å². The highest BCUT2D eigenvalue weighted by molar-refractivity contribution is 5.97. The molecular weight excluding hydrogens is 194 g/mol. The Bertz CT molecular complexity index is 426. The molecule has 0 aromatic carbocycles. The van der Waals surface area contributed by atoms with Crippen molar-refractivity contribution in [3.05, 3.63) is 11.8 Å². The minimum atomic E-state index is -0.840. The van der Waals surface area contributed by atoms with Crippen molar-refractivity contribution in [2.24, 2.45) is 5.41 Å². The first-order valence-electron chi connectivity index (χ1n) is 4.82. The summed E-state index contributed by atoms with van der Waals surface area (Å²) in [5.41, 5.74) is -0.840. The lowest BCUT2D eigenvalue weighted by Gasteiger charge is -2.32. The second-order valence-corrected chi connectivity index (χ2v) is 3.82. The third-order valence-corrected chi connectivity index (χ3v) is 2.73. The fourth-order valence-electron chi connectivity index (χ4n) is 1.58. The molecule has 1 saturated carbocycles. The van der Waals surface area contributed by atoms with E-state index in [4.69, 9.17) is 9.78 Å². The summed E-state index contributed by atoms with van der Waals surface area (Å²) in [7, 11) is 0. The first-order chi connectivity index (χ1) is 7.16. The Hall–Kier alpha value is -1.83. The number of nitriles is 1. The number of nitrogens with one attached hydrogen (secondary N) is 1. The van der Waals surface area contributed by atoms with E-state index in [1.165, 1.54) is 0 Å². The molecule has 1 aromatic heterocycles. The summed E-state index contributed by atoms with van der Waals surface area (Å²) in [5.74, 6) is 0.730. The first-order valence-corrected chi connectivity index (χ1v) is 4.82. The molecule has 78 valence electrons. The standard InChI is InChI=1S/C10H11N3O2/c1-7-5-8(13-15-7)12-9(14)10(6-11)3-2-4-10/h5H,2-4H2,1H3,(H,12,13,14). The molecule has 1 N–H and O–H groups in total. The van der Waals surface area contributed by atoms with Crippen LogP contribution in [0.5, 0.6) is 0 Å². The fraction of sp³-hybridized carbons (Fsp3) is 0.500. The number of amides is 1. The number of anilines is 1. The van der Waals surface area contributed by atoms with Crippen LogP contribution in [0.3, 0.4) is 0 Å². The van der Waals surface area contributed by atoms with Gasteiger partial charge in [-0.05, 0) is 26.2 Å². The topological polar surface area (TPSA) is 78.9 Å². The van der Waals surface area contributed by atoms with Gasteiger partial charge >= 0.3 is 0 Å². The largest absolute Gasteiger partial charge is 0.360 e. The quantitative estimate of drug-likeness (QED) is 0.795. The lowest BCUT2D eigenvalue weighted by atomic mass is 9.69. The van der Waals surface area contributed by atoms with Gasteiger partial charge in [0.05, 0.1) is 6.07 Å². The molecule has 15 heavy (non-hydrogen) atoms. The second kappa shape index (κ2) is 3.39. The van der Waals surface area contributed by atoms with Crippen molar-refractivity contribution >= 4 is 11.7 Å². The van der Waals surface area contributed by atoms with E-state index in [2.05, 4.69) is 16.5 Å². The van der Waals surface area contributed by atoms with E-state index < -0.39 is 5.41 Å². The molecule has 1 aliphatic carbocycles. The molecular formula is C10H11N3O2. The summed E-state index contributed by atoms with van der Waals surface area (Å²) in [6, 6.07) is 3.70. The van der Waals surface area contributed by atoms with Crippen LogP contribution >= 0.6 is 0 Å². The van der Waals surface area contributed by atoms with Gasteiger partial charge in [-0.3, -0.25) is 4.79 Å². The Kier molecular flexibility index (Phi) is 2.19. The van der Waals surface area contributed by atoms with Crippen molar-refractivity contribution in [2.45, 2.75) is 26.2 Å². The van der Waals surface area contributed by atoms with Crippen LogP contribution in [0.1, 0.15) is 25.0 Å². The van der Waals surface area contributed by atoms with Crippen molar-refractivity contribution in [2.75, 3.05) is 5.32 Å². The van der Waals surface area contributed by atoms with Crippen LogP contribution < -0.4 is 5.32 Å². The maximum Gasteiger partial charge on any atom is 0.246 e. The minimum Gasteiger partial charge on any atom is -0.360 e. The second-order valence-electron chi connectivity index (χ2n) is 3.82. The molecule has 5 heteroatoms. The summed E-state index contributed by atoms with van der Waals surface area (Å²) in [6.45, 7) is 1.74. The maximum absolute atomic E-state index is 11.7. The number of carbonyl (C=O) groups excluding carboxylic acids is 1. The van der Waals surface area contributed by atoms with Crippen molar-refractivity contribution in [3.63, 3.8) is 0 Å². The molecule has 1 amide bonds. The molecule has 1 aliphatic rings. The van der Waals surface area contributed by atoms with Gasteiger partial charge in [0, 0.05) is 6.07 Å². The van der Waals surface area contributed by atoms with Gasteiger partial charge in [0.15, 0.2) is 5.82 Å². The number of aromatic nitrogens is 1. The van der Waals surface area contributed by atoms with E-state index >= 15 is 0 Å². The van der Waals surface area contributed by atoms with Crippen molar-refractivity contribution in [3.8, 4) is 6.07 Å². The fourth-order valence-corrected chi connectivity index (χ4v) is 1.58. The maximum atomic E-state index is 11.7. The van der Waals surface area contributed by atoms with Gasteiger partial charge in [-0.2, -0.15) is 5.26 Å². The van der Waals surface area contributed by atoms with Crippen LogP contribution in [0, 0.1) is 23.7 Å². The van der Waals surface area contributed by atoms with Crippen LogP contribution in [0.15, 0.2) is 10.6 Å². The molecule has 0 bridgehead atoms. The molecule has 0 atom stereocenters. The average Bonchev–Trinajstić information content (AvgIpc) is 2.50. The molecule has 1 aromatic rings. The van der Waals surface area contributed by atoms with Gasteiger partial charge in [0.1, 0.15) is 11.2 Å². The normalized spacial score (nSPS) is 17.6. The van der Waals surface area contributed by atoms with Gasteiger partial charge in [0.2, 0.25) is 5.91 Å². The zero-order valence-electron chi connectivity index (χ0n) is 8.41. The summed E-state index contributed by atoms with van der Waals surface area (Å²) < 4.78 is 4.82. The van der Waals surface area contributed by atoms with Gasteiger partial charge in [0.25, 0.3) is 0 Å². The van der Waals surface area contributed by atoms with Gasteiger partial charge in [-0.15, -0.1) is 0 Å². The average molecular weight is 205 g/mol. The third-order valence-electron chi connectivity index (χ3n) is 2.73. The van der Waals surface area contributed by atoms with Crippen molar-refractivity contribution in [1.82, 2.24) is 5.16 Å². The molecule has 0 saturated heterocycles. The highest BCUT2D eigenvalue weighted by atomic mass is 16.5. The SMILES string of the molecule is Cc1cc(NC(=O)C2(C#N)CCC2)no1. The number of hydrogen-bond donors (Lipinski definition) is 1. The number of nitrogens with zero attached hydrogens (tertiary/aromatic N) is 2. The molecule has 2 rings (SSSR count). The van der Waals surface area contributed by atoms with E-state index in [0.29, 0.717) is 24.4 Å². The van der Waals surface area contributed by atoms with E-state index in [1.807, 2.05) is 0 Å². The number of carbonyl (C=O) groups is 1. The molecule has 0 unspecified atom stereocenters. The number of hydrogen-bond acceptors (Lipinski definition) is 4. The Morgan fingerprint density at radius 2 is 2.47 bits per heavy atom. The number of aryl methyl sites for hydroxylation is 1. The highest BCUT2D eigenvalue weighted by Gasteiger charge is 2.44. The summed E-state index contributed by atoms with van der Waals surface area (Å²) in [6.07, 6.45) is 2.19. The van der Waals surface area contributed by atoms with Crippen LogP contribution in [0.4, 0.5) is 5.82 Å². The van der Waals surface area contributed by atoms with Crippen LogP contribution in [0.25, 0.3) is 0 Å². The van der Waals surface area contributed by atoms with Crippen molar-refractivity contribution in [1.29, 1.82) is 5.26 Å². The van der Waals surface area contributed by atoms with Gasteiger partial charge in [-0.1, -0.05) is 5.16 Å². The number of rotatable bonds is 2. The van der Waals surface area contributed by atoms with E-state index in [0.717, 1.165) is 6.42 Å². The Labute approximate surface area is 87.0 Å². The highest BCUT2D eigenvalue weighted by Crippen LogP contribution is 2.41. The van der Waals surface area contributed by atoms with Crippen LogP contribution in [-0.4, -0.2) is 11.1 Å². The Balaban J connectivity index is 2.07. The van der Waals surface area contributed by atoms with E-state index in [-0.39, 0.29) is 5.91 Å². The summed E-state index contributed by atoms with van der Waals surface area (Å²) in [4.78, 5) is 11.7. The zero-order valence-corrected chi connectivity index (χ0v) is 8.41. The molecule has 0 aliphatic heterocycles. The first kappa shape index (κ1) is 9.71. The Morgan fingerprint density at radius 3 is 2.87 bits per heavy atom. The van der Waals surface area contributed by atoms with Gasteiger partial charge < -0.3 is 9.84 Å². The van der Waals surface area contributed by atoms with E-state index in [9.17, 15) is 4.79 Å².